The molecule has 0 aliphatic carbocycles. The first-order valence-corrected chi connectivity index (χ1v) is 8.80. The van der Waals surface area contributed by atoms with Crippen molar-refractivity contribution in [3.8, 4) is 0 Å². The predicted molar refractivity (Wildman–Crippen MR) is 99.3 cm³/mol. The van der Waals surface area contributed by atoms with Crippen LogP contribution in [0.4, 0.5) is 5.95 Å². The maximum absolute atomic E-state index is 12.7. The van der Waals surface area contributed by atoms with Gasteiger partial charge in [0.1, 0.15) is 0 Å². The van der Waals surface area contributed by atoms with Gasteiger partial charge in [-0.3, -0.25) is 14.6 Å². The maximum Gasteiger partial charge on any atom is 0.255 e. The lowest BCUT2D eigenvalue weighted by molar-refractivity contribution is -0.118. The summed E-state index contributed by atoms with van der Waals surface area (Å²) in [5, 5.41) is 0. The average Bonchev–Trinajstić information content (AvgIpc) is 2.68. The largest absolute Gasteiger partial charge is 0.378 e. The van der Waals surface area contributed by atoms with Crippen molar-refractivity contribution in [2.75, 3.05) is 38.2 Å². The second kappa shape index (κ2) is 8.62. The number of nitrogens with one attached hydrogen (secondary N) is 1. The van der Waals surface area contributed by atoms with Crippen molar-refractivity contribution in [2.24, 2.45) is 0 Å². The second-order valence-corrected chi connectivity index (χ2v) is 6.36. The van der Waals surface area contributed by atoms with Crippen molar-refractivity contribution >= 4 is 12.4 Å². The molecule has 0 radical (unpaired) electrons. The predicted octanol–water partition coefficient (Wildman–Crippen LogP) is 0.980. The Morgan fingerprint density at radius 3 is 2.54 bits per heavy atom. The number of ether oxygens (including phenoxy) is 1. The fourth-order valence-electron chi connectivity index (χ4n) is 3.15. The van der Waals surface area contributed by atoms with E-state index in [4.69, 9.17) is 4.74 Å². The van der Waals surface area contributed by atoms with Crippen LogP contribution in [0.3, 0.4) is 0 Å². The Kier molecular flexibility index (Phi) is 6.01. The van der Waals surface area contributed by atoms with Crippen molar-refractivity contribution in [1.82, 2.24) is 14.9 Å². The van der Waals surface area contributed by atoms with Crippen LogP contribution in [0.1, 0.15) is 16.8 Å². The van der Waals surface area contributed by atoms with Gasteiger partial charge in [-0.25, -0.2) is 4.98 Å². The molecular formula is C19H24N4O3. The average molecular weight is 356 g/mol. The van der Waals surface area contributed by atoms with Crippen molar-refractivity contribution in [1.29, 1.82) is 0 Å². The highest BCUT2D eigenvalue weighted by Gasteiger charge is 2.20. The standard InChI is InChI=1S/C19H24N4O3/c1-26-13-17-16(8-7-15-5-3-2-4-6-15)18(25)21-19(20-17)23-11-9-22(14-24)10-12-23/h2-6,14H,7-13H2,1H3,(H,20,21,25). The van der Waals surface area contributed by atoms with Gasteiger partial charge in [-0.2, -0.15) is 0 Å². The van der Waals surface area contributed by atoms with E-state index >= 15 is 0 Å². The first kappa shape index (κ1) is 18.1. The number of hydrogen-bond acceptors (Lipinski definition) is 5. The summed E-state index contributed by atoms with van der Waals surface area (Å²) in [6.45, 7) is 2.86. The summed E-state index contributed by atoms with van der Waals surface area (Å²) >= 11 is 0. The molecule has 1 aliphatic heterocycles. The number of rotatable bonds is 7. The van der Waals surface area contributed by atoms with Gasteiger partial charge in [0.15, 0.2) is 0 Å². The van der Waals surface area contributed by atoms with Crippen LogP contribution in [0, 0.1) is 0 Å². The topological polar surface area (TPSA) is 78.5 Å². The van der Waals surface area contributed by atoms with Crippen LogP contribution in [0.5, 0.6) is 0 Å². The number of methoxy groups -OCH3 is 1. The van der Waals surface area contributed by atoms with Crippen molar-refractivity contribution in [3.05, 3.63) is 57.5 Å². The van der Waals surface area contributed by atoms with Gasteiger partial charge in [0.05, 0.1) is 12.3 Å². The molecule has 3 rings (SSSR count). The molecule has 1 aliphatic rings. The number of hydrogen-bond donors (Lipinski definition) is 1. The lowest BCUT2D eigenvalue weighted by atomic mass is 10.0. The molecule has 1 fully saturated rings. The Hall–Kier alpha value is -2.67. The third-order valence-electron chi connectivity index (χ3n) is 4.64. The summed E-state index contributed by atoms with van der Waals surface area (Å²) in [6, 6.07) is 10.1. The number of amides is 1. The summed E-state index contributed by atoms with van der Waals surface area (Å²) < 4.78 is 5.26. The molecule has 1 amide bonds. The van der Waals surface area contributed by atoms with E-state index in [9.17, 15) is 9.59 Å². The molecule has 138 valence electrons. The molecule has 0 saturated carbocycles. The smallest absolute Gasteiger partial charge is 0.255 e. The van der Waals surface area contributed by atoms with Crippen molar-refractivity contribution in [3.63, 3.8) is 0 Å². The molecule has 1 N–H and O–H groups in total. The highest BCUT2D eigenvalue weighted by atomic mass is 16.5. The van der Waals surface area contributed by atoms with Gasteiger partial charge in [-0.15, -0.1) is 0 Å². The second-order valence-electron chi connectivity index (χ2n) is 6.36. The first-order valence-electron chi connectivity index (χ1n) is 8.80. The van der Waals surface area contributed by atoms with E-state index in [2.05, 4.69) is 22.1 Å². The maximum atomic E-state index is 12.7. The summed E-state index contributed by atoms with van der Waals surface area (Å²) in [5.74, 6) is 0.552. The third-order valence-corrected chi connectivity index (χ3v) is 4.64. The molecule has 1 aromatic heterocycles. The zero-order valence-electron chi connectivity index (χ0n) is 15.0. The van der Waals surface area contributed by atoms with E-state index in [1.807, 2.05) is 23.1 Å². The van der Waals surface area contributed by atoms with Crippen LogP contribution in [0.25, 0.3) is 0 Å². The number of aryl methyl sites for hydroxylation is 1. The number of aromatic amines is 1. The Morgan fingerprint density at radius 1 is 1.15 bits per heavy atom. The Balaban J connectivity index is 1.79. The molecule has 0 atom stereocenters. The summed E-state index contributed by atoms with van der Waals surface area (Å²) in [6.07, 6.45) is 2.25. The number of anilines is 1. The van der Waals surface area contributed by atoms with Gasteiger partial charge in [0, 0.05) is 38.9 Å². The number of benzene rings is 1. The number of H-pyrrole nitrogens is 1. The van der Waals surface area contributed by atoms with Crippen LogP contribution in [0.15, 0.2) is 35.1 Å². The fourth-order valence-corrected chi connectivity index (χ4v) is 3.15. The molecule has 0 spiro atoms. The Bertz CT molecular complexity index is 783. The Labute approximate surface area is 152 Å². The van der Waals surface area contributed by atoms with Crippen LogP contribution in [0.2, 0.25) is 0 Å². The van der Waals surface area contributed by atoms with Gasteiger partial charge >= 0.3 is 0 Å². The molecule has 2 heterocycles. The Morgan fingerprint density at radius 2 is 1.88 bits per heavy atom. The van der Waals surface area contributed by atoms with Crippen molar-refractivity contribution < 1.29 is 9.53 Å². The van der Waals surface area contributed by atoms with Gasteiger partial charge < -0.3 is 14.5 Å². The van der Waals surface area contributed by atoms with Crippen LogP contribution in [-0.2, 0) is 29.0 Å². The monoisotopic (exact) mass is 356 g/mol. The fraction of sp³-hybridized carbons (Fsp3) is 0.421. The molecule has 1 aromatic carbocycles. The minimum absolute atomic E-state index is 0.115. The zero-order chi connectivity index (χ0) is 18.4. The number of nitrogens with zero attached hydrogens (tertiary/aromatic N) is 3. The van der Waals surface area contributed by atoms with Gasteiger partial charge in [0.2, 0.25) is 12.4 Å². The summed E-state index contributed by atoms with van der Waals surface area (Å²) in [5.41, 5.74) is 2.42. The molecule has 7 nitrogen and oxygen atoms in total. The van der Waals surface area contributed by atoms with E-state index in [1.165, 1.54) is 5.56 Å². The highest BCUT2D eigenvalue weighted by molar-refractivity contribution is 5.48. The molecule has 26 heavy (non-hydrogen) atoms. The lowest BCUT2D eigenvalue weighted by Crippen LogP contribution is -2.47. The van der Waals surface area contributed by atoms with E-state index in [-0.39, 0.29) is 5.56 Å². The highest BCUT2D eigenvalue weighted by Crippen LogP contribution is 2.14. The van der Waals surface area contributed by atoms with E-state index < -0.39 is 0 Å². The van der Waals surface area contributed by atoms with Gasteiger partial charge in [0.25, 0.3) is 5.56 Å². The van der Waals surface area contributed by atoms with Crippen LogP contribution in [-0.4, -0.2) is 54.6 Å². The van der Waals surface area contributed by atoms with Crippen molar-refractivity contribution in [2.45, 2.75) is 19.4 Å². The van der Waals surface area contributed by atoms with E-state index in [0.717, 1.165) is 12.8 Å². The normalized spacial score (nSPS) is 14.5. The van der Waals surface area contributed by atoms with Gasteiger partial charge in [-0.05, 0) is 18.4 Å². The molecule has 1 saturated heterocycles. The molecule has 2 aromatic rings. The number of piperazine rings is 1. The third kappa shape index (κ3) is 4.29. The number of carbonyl (C=O) groups excluding carboxylic acids is 1. The summed E-state index contributed by atoms with van der Waals surface area (Å²) in [4.78, 5) is 34.8. The lowest BCUT2D eigenvalue weighted by Gasteiger charge is -2.33. The quantitative estimate of drug-likeness (QED) is 0.748. The molecule has 0 unspecified atom stereocenters. The molecule has 7 heteroatoms. The van der Waals surface area contributed by atoms with Gasteiger partial charge in [-0.1, -0.05) is 30.3 Å². The SMILES string of the molecule is COCc1nc(N2CCN(C=O)CC2)[nH]c(=O)c1CCc1ccccc1. The van der Waals surface area contributed by atoms with Crippen LogP contribution >= 0.6 is 0 Å². The number of aromatic nitrogens is 2. The number of carbonyl (C=O) groups is 1. The van der Waals surface area contributed by atoms with E-state index in [0.29, 0.717) is 56.4 Å². The van der Waals surface area contributed by atoms with Crippen LogP contribution < -0.4 is 10.5 Å². The van der Waals surface area contributed by atoms with E-state index in [1.54, 1.807) is 12.0 Å². The minimum Gasteiger partial charge on any atom is -0.378 e. The first-order chi connectivity index (χ1) is 12.7. The molecule has 0 bridgehead atoms. The molecular weight excluding hydrogens is 332 g/mol. The minimum atomic E-state index is -0.115. The summed E-state index contributed by atoms with van der Waals surface area (Å²) in [7, 11) is 1.60. The zero-order valence-corrected chi connectivity index (χ0v) is 15.0.